The van der Waals surface area contributed by atoms with Crippen molar-refractivity contribution in [2.75, 3.05) is 0 Å². The lowest BCUT2D eigenvalue weighted by Crippen LogP contribution is -2.15. The van der Waals surface area contributed by atoms with E-state index in [2.05, 4.69) is 4.98 Å². The van der Waals surface area contributed by atoms with E-state index in [1.54, 1.807) is 30.5 Å². The van der Waals surface area contributed by atoms with E-state index in [1.807, 2.05) is 6.07 Å². The molecule has 0 saturated carbocycles. The van der Waals surface area contributed by atoms with Gasteiger partial charge in [0.2, 0.25) is 0 Å². The first-order valence-corrected chi connectivity index (χ1v) is 4.92. The summed E-state index contributed by atoms with van der Waals surface area (Å²) in [7, 11) is 0. The van der Waals surface area contributed by atoms with Gasteiger partial charge in [-0.25, -0.2) is 0 Å². The lowest BCUT2D eigenvalue weighted by atomic mass is 10.1. The van der Waals surface area contributed by atoms with E-state index >= 15 is 0 Å². The van der Waals surface area contributed by atoms with Crippen LogP contribution >= 0.6 is 0 Å². The number of phenols is 1. The average Bonchev–Trinajstić information content (AvgIpc) is 2.29. The maximum absolute atomic E-state index is 11.3. The lowest BCUT2D eigenvalue weighted by Gasteiger charge is -2.03. The van der Waals surface area contributed by atoms with Gasteiger partial charge in [-0.2, -0.15) is 0 Å². The van der Waals surface area contributed by atoms with Gasteiger partial charge in [0.05, 0.1) is 0 Å². The number of nitrogens with two attached hydrogens (primary N) is 1. The van der Waals surface area contributed by atoms with E-state index in [0.717, 1.165) is 11.1 Å². The zero-order chi connectivity index (χ0) is 11.5. The zero-order valence-corrected chi connectivity index (χ0v) is 8.60. The van der Waals surface area contributed by atoms with Crippen molar-refractivity contribution >= 4 is 0 Å². The molecule has 0 aliphatic rings. The number of aromatic hydroxyl groups is 1. The van der Waals surface area contributed by atoms with Crippen molar-refractivity contribution in [1.29, 1.82) is 0 Å². The molecule has 2 rings (SSSR count). The molecule has 4 N–H and O–H groups in total. The maximum Gasteiger partial charge on any atom is 0.252 e. The van der Waals surface area contributed by atoms with Crippen LogP contribution in [0.25, 0.3) is 11.1 Å². The second kappa shape index (κ2) is 4.20. The number of aromatic nitrogens is 1. The van der Waals surface area contributed by atoms with Crippen LogP contribution in [0.3, 0.4) is 0 Å². The van der Waals surface area contributed by atoms with Gasteiger partial charge < -0.3 is 15.8 Å². The van der Waals surface area contributed by atoms with E-state index < -0.39 is 0 Å². The Balaban J connectivity index is 2.52. The van der Waals surface area contributed by atoms with Crippen LogP contribution in [-0.2, 0) is 6.54 Å². The van der Waals surface area contributed by atoms with Gasteiger partial charge in [-0.15, -0.1) is 0 Å². The number of H-pyrrole nitrogens is 1. The van der Waals surface area contributed by atoms with Gasteiger partial charge in [-0.05, 0) is 29.3 Å². The predicted octanol–water partition coefficient (Wildman–Crippen LogP) is 1.21. The second-order valence-corrected chi connectivity index (χ2v) is 3.50. The maximum atomic E-state index is 11.3. The van der Waals surface area contributed by atoms with E-state index in [1.165, 1.54) is 0 Å². The number of nitrogens with one attached hydrogen (secondary N) is 1. The van der Waals surface area contributed by atoms with Crippen LogP contribution in [0, 0.1) is 0 Å². The number of phenolic OH excluding ortho intramolecular Hbond substituents is 1. The molecule has 0 spiro atoms. The second-order valence-electron chi connectivity index (χ2n) is 3.50. The molecule has 0 unspecified atom stereocenters. The Morgan fingerprint density at radius 3 is 2.75 bits per heavy atom. The van der Waals surface area contributed by atoms with Gasteiger partial charge in [0.15, 0.2) is 0 Å². The minimum atomic E-state index is -0.175. The normalized spacial score (nSPS) is 10.3. The quantitative estimate of drug-likeness (QED) is 0.705. The van der Waals surface area contributed by atoms with Crippen LogP contribution in [0.5, 0.6) is 5.75 Å². The first-order chi connectivity index (χ1) is 7.70. The van der Waals surface area contributed by atoms with Gasteiger partial charge in [-0.1, -0.05) is 12.1 Å². The summed E-state index contributed by atoms with van der Waals surface area (Å²) in [6, 6.07) is 8.56. The molecule has 0 aliphatic carbocycles. The van der Waals surface area contributed by atoms with Gasteiger partial charge in [-0.3, -0.25) is 4.79 Å². The topological polar surface area (TPSA) is 79.1 Å². The first kappa shape index (κ1) is 10.4. The Hall–Kier alpha value is -2.07. The first-order valence-electron chi connectivity index (χ1n) is 4.92. The summed E-state index contributed by atoms with van der Waals surface area (Å²) in [5.74, 6) is 0.193. The SMILES string of the molecule is NCc1cc(-c2cccc(O)c2)c[nH]c1=O. The third kappa shape index (κ3) is 1.97. The number of hydrogen-bond acceptors (Lipinski definition) is 3. The number of hydrogen-bond donors (Lipinski definition) is 3. The molecule has 1 aromatic heterocycles. The molecule has 0 amide bonds. The van der Waals surface area contributed by atoms with Crippen molar-refractivity contribution in [3.8, 4) is 16.9 Å². The molecule has 82 valence electrons. The molecule has 4 heteroatoms. The molecule has 0 saturated heterocycles. The Morgan fingerprint density at radius 2 is 2.06 bits per heavy atom. The third-order valence-corrected chi connectivity index (χ3v) is 2.38. The van der Waals surface area contributed by atoms with Crippen molar-refractivity contribution < 1.29 is 5.11 Å². The van der Waals surface area contributed by atoms with Crippen molar-refractivity contribution in [3.63, 3.8) is 0 Å². The van der Waals surface area contributed by atoms with Crippen LogP contribution in [0.4, 0.5) is 0 Å². The molecular formula is C12H12N2O2. The van der Waals surface area contributed by atoms with Crippen molar-refractivity contribution in [2.45, 2.75) is 6.54 Å². The molecule has 0 atom stereocenters. The smallest absolute Gasteiger partial charge is 0.252 e. The van der Waals surface area contributed by atoms with E-state index in [4.69, 9.17) is 5.73 Å². The highest BCUT2D eigenvalue weighted by atomic mass is 16.3. The van der Waals surface area contributed by atoms with E-state index in [-0.39, 0.29) is 17.9 Å². The molecule has 0 radical (unpaired) electrons. The number of pyridine rings is 1. The minimum absolute atomic E-state index is 0.175. The van der Waals surface area contributed by atoms with Crippen LogP contribution in [-0.4, -0.2) is 10.1 Å². The largest absolute Gasteiger partial charge is 0.508 e. The molecule has 2 aromatic rings. The lowest BCUT2D eigenvalue weighted by molar-refractivity contribution is 0.475. The summed E-state index contributed by atoms with van der Waals surface area (Å²) in [4.78, 5) is 13.9. The van der Waals surface area contributed by atoms with E-state index in [9.17, 15) is 9.90 Å². The van der Waals surface area contributed by atoms with Crippen molar-refractivity contribution in [1.82, 2.24) is 4.98 Å². The van der Waals surface area contributed by atoms with Crippen LogP contribution in [0.15, 0.2) is 41.3 Å². The standard InChI is InChI=1S/C12H12N2O2/c13-6-9-4-10(7-14-12(9)16)8-2-1-3-11(15)5-8/h1-5,7,15H,6,13H2,(H,14,16). The molecule has 0 bridgehead atoms. The van der Waals surface area contributed by atoms with E-state index in [0.29, 0.717) is 5.56 Å². The summed E-state index contributed by atoms with van der Waals surface area (Å²) in [5.41, 5.74) is 7.48. The Morgan fingerprint density at radius 1 is 1.25 bits per heavy atom. The van der Waals surface area contributed by atoms with Gasteiger partial charge in [0.25, 0.3) is 5.56 Å². The molecular weight excluding hydrogens is 204 g/mol. The summed E-state index contributed by atoms with van der Waals surface area (Å²) < 4.78 is 0. The van der Waals surface area contributed by atoms with Crippen molar-refractivity contribution in [3.05, 3.63) is 52.4 Å². The van der Waals surface area contributed by atoms with Gasteiger partial charge in [0, 0.05) is 18.3 Å². The number of aromatic amines is 1. The molecule has 4 nitrogen and oxygen atoms in total. The van der Waals surface area contributed by atoms with Gasteiger partial charge in [0.1, 0.15) is 5.75 Å². The average molecular weight is 216 g/mol. The zero-order valence-electron chi connectivity index (χ0n) is 8.60. The molecule has 0 fully saturated rings. The predicted molar refractivity (Wildman–Crippen MR) is 62.1 cm³/mol. The number of rotatable bonds is 2. The van der Waals surface area contributed by atoms with Crippen LogP contribution < -0.4 is 11.3 Å². The number of benzene rings is 1. The molecule has 0 aliphatic heterocycles. The molecule has 1 aromatic carbocycles. The van der Waals surface area contributed by atoms with Crippen LogP contribution in [0.1, 0.15) is 5.56 Å². The highest BCUT2D eigenvalue weighted by molar-refractivity contribution is 5.64. The molecule has 16 heavy (non-hydrogen) atoms. The summed E-state index contributed by atoms with van der Waals surface area (Å²) in [6.07, 6.45) is 1.61. The van der Waals surface area contributed by atoms with Crippen molar-refractivity contribution in [2.24, 2.45) is 5.73 Å². The minimum Gasteiger partial charge on any atom is -0.508 e. The Bertz CT molecular complexity index is 561. The fourth-order valence-electron chi connectivity index (χ4n) is 1.53. The van der Waals surface area contributed by atoms with Crippen LogP contribution in [0.2, 0.25) is 0 Å². The summed E-state index contributed by atoms with van der Waals surface area (Å²) in [5, 5.41) is 9.36. The highest BCUT2D eigenvalue weighted by Crippen LogP contribution is 2.22. The highest BCUT2D eigenvalue weighted by Gasteiger charge is 2.02. The monoisotopic (exact) mass is 216 g/mol. The fraction of sp³-hybridized carbons (Fsp3) is 0.0833. The Kier molecular flexibility index (Phi) is 2.74. The fourth-order valence-corrected chi connectivity index (χ4v) is 1.53. The van der Waals surface area contributed by atoms with Gasteiger partial charge >= 0.3 is 0 Å². The summed E-state index contributed by atoms with van der Waals surface area (Å²) in [6.45, 7) is 0.196. The summed E-state index contributed by atoms with van der Waals surface area (Å²) >= 11 is 0. The Labute approximate surface area is 92.4 Å². The molecule has 1 heterocycles. The third-order valence-electron chi connectivity index (χ3n) is 2.38.